The molecule has 38 heavy (non-hydrogen) atoms. The summed E-state index contributed by atoms with van der Waals surface area (Å²) in [7, 11) is 4.14. The van der Waals surface area contributed by atoms with Crippen LogP contribution in [0.3, 0.4) is 0 Å². The van der Waals surface area contributed by atoms with Crippen molar-refractivity contribution in [2.45, 2.75) is 50.9 Å². The summed E-state index contributed by atoms with van der Waals surface area (Å²) in [6, 6.07) is 6.00. The van der Waals surface area contributed by atoms with E-state index >= 15 is 0 Å². The summed E-state index contributed by atoms with van der Waals surface area (Å²) in [5, 5.41) is -0.0906. The number of likely N-dealkylation sites (tertiary alicyclic amines) is 1. The Morgan fingerprint density at radius 2 is 1.92 bits per heavy atom. The fourth-order valence-electron chi connectivity index (χ4n) is 5.35. The van der Waals surface area contributed by atoms with Crippen LogP contribution < -0.4 is 9.80 Å². The number of anilines is 2. The van der Waals surface area contributed by atoms with Crippen molar-refractivity contribution in [1.82, 2.24) is 14.8 Å². The zero-order chi connectivity index (χ0) is 27.6. The lowest BCUT2D eigenvalue weighted by atomic mass is 10.1. The van der Waals surface area contributed by atoms with Crippen molar-refractivity contribution in [2.24, 2.45) is 0 Å². The second kappa shape index (κ2) is 11.8. The second-order valence-electron chi connectivity index (χ2n) is 10.4. The first-order valence-corrected chi connectivity index (χ1v) is 13.3. The van der Waals surface area contributed by atoms with Crippen LogP contribution in [0.4, 0.5) is 29.1 Å². The summed E-state index contributed by atoms with van der Waals surface area (Å²) in [6.45, 7) is 5.05. The summed E-state index contributed by atoms with van der Waals surface area (Å²) < 4.78 is 54.3. The van der Waals surface area contributed by atoms with Crippen LogP contribution in [0.5, 0.6) is 0 Å². The maximum Gasteiger partial charge on any atom is 0.416 e. The minimum Gasteiger partial charge on any atom is -0.345 e. The van der Waals surface area contributed by atoms with Crippen LogP contribution in [0.2, 0.25) is 5.02 Å². The summed E-state index contributed by atoms with van der Waals surface area (Å²) in [4.78, 5) is 26.1. The van der Waals surface area contributed by atoms with Gasteiger partial charge in [-0.25, -0.2) is 9.37 Å². The number of halogens is 5. The van der Waals surface area contributed by atoms with E-state index < -0.39 is 23.6 Å². The number of pyridine rings is 1. The van der Waals surface area contributed by atoms with Gasteiger partial charge < -0.3 is 19.6 Å². The SMILES string of the molecule is Cc1cc(C(F)(F)F)cc(N2CCC[C@H]2C(=O)N(CCCN2CC[C@H](N(C)C)C2)c2ccc(F)c(Cl)c2)n1. The largest absolute Gasteiger partial charge is 0.416 e. The molecule has 2 aliphatic rings. The van der Waals surface area contributed by atoms with Crippen LogP contribution in [0, 0.1) is 12.7 Å². The quantitative estimate of drug-likeness (QED) is 0.417. The summed E-state index contributed by atoms with van der Waals surface area (Å²) in [5.41, 5.74) is -0.0901. The van der Waals surface area contributed by atoms with Crippen molar-refractivity contribution in [2.75, 3.05) is 56.6 Å². The molecule has 3 heterocycles. The molecule has 0 aliphatic carbocycles. The molecule has 11 heteroatoms. The monoisotopic (exact) mass is 555 g/mol. The van der Waals surface area contributed by atoms with Crippen LogP contribution in [0.15, 0.2) is 30.3 Å². The Bertz CT molecular complexity index is 1140. The number of amides is 1. The number of hydrogen-bond donors (Lipinski definition) is 0. The maximum absolute atomic E-state index is 13.9. The number of alkyl halides is 3. The van der Waals surface area contributed by atoms with Gasteiger partial charge in [0.25, 0.3) is 0 Å². The van der Waals surface area contributed by atoms with E-state index in [1.165, 1.54) is 25.1 Å². The van der Waals surface area contributed by atoms with E-state index in [0.29, 0.717) is 44.1 Å². The first kappa shape index (κ1) is 28.6. The molecule has 2 aromatic rings. The first-order valence-electron chi connectivity index (χ1n) is 12.9. The van der Waals surface area contributed by atoms with Gasteiger partial charge in [0, 0.05) is 37.1 Å². The molecule has 2 atom stereocenters. The van der Waals surface area contributed by atoms with Gasteiger partial charge in [-0.1, -0.05) is 11.6 Å². The fourth-order valence-corrected chi connectivity index (χ4v) is 5.52. The Hall–Kier alpha value is -2.43. The average molecular weight is 556 g/mol. The van der Waals surface area contributed by atoms with Crippen LogP contribution in [0.25, 0.3) is 0 Å². The zero-order valence-electron chi connectivity index (χ0n) is 21.9. The van der Waals surface area contributed by atoms with E-state index in [4.69, 9.17) is 11.6 Å². The van der Waals surface area contributed by atoms with Crippen LogP contribution >= 0.6 is 11.6 Å². The molecule has 1 aromatic heterocycles. The van der Waals surface area contributed by atoms with Crippen molar-refractivity contribution in [3.63, 3.8) is 0 Å². The third kappa shape index (κ3) is 6.58. The molecule has 0 N–H and O–H groups in total. The van der Waals surface area contributed by atoms with Gasteiger partial charge in [0.1, 0.15) is 17.7 Å². The van der Waals surface area contributed by atoms with E-state index in [1.54, 1.807) is 9.80 Å². The van der Waals surface area contributed by atoms with Gasteiger partial charge in [0.2, 0.25) is 5.91 Å². The normalized spacial score (nSPS) is 20.5. The molecule has 1 amide bonds. The first-order chi connectivity index (χ1) is 17.9. The molecule has 6 nitrogen and oxygen atoms in total. The van der Waals surface area contributed by atoms with Gasteiger partial charge in [0.15, 0.2) is 0 Å². The number of carbonyl (C=O) groups is 1. The lowest BCUT2D eigenvalue weighted by molar-refractivity contribution is -0.137. The second-order valence-corrected chi connectivity index (χ2v) is 10.8. The number of benzene rings is 1. The highest BCUT2D eigenvalue weighted by Crippen LogP contribution is 2.34. The van der Waals surface area contributed by atoms with Gasteiger partial charge >= 0.3 is 6.18 Å². The van der Waals surface area contributed by atoms with Crippen molar-refractivity contribution < 1.29 is 22.4 Å². The van der Waals surface area contributed by atoms with Crippen LogP contribution in [0.1, 0.15) is 36.9 Å². The number of rotatable bonds is 8. The smallest absolute Gasteiger partial charge is 0.345 e. The van der Waals surface area contributed by atoms with E-state index in [-0.39, 0.29) is 22.4 Å². The number of nitrogens with zero attached hydrogens (tertiary/aromatic N) is 5. The van der Waals surface area contributed by atoms with E-state index in [9.17, 15) is 22.4 Å². The van der Waals surface area contributed by atoms with E-state index in [0.717, 1.165) is 38.2 Å². The molecule has 0 unspecified atom stereocenters. The Kier molecular flexibility index (Phi) is 8.84. The number of hydrogen-bond acceptors (Lipinski definition) is 5. The minimum absolute atomic E-state index is 0.0906. The molecule has 2 fully saturated rings. The van der Waals surface area contributed by atoms with Gasteiger partial charge in [-0.15, -0.1) is 0 Å². The molecule has 2 saturated heterocycles. The van der Waals surface area contributed by atoms with Crippen molar-refractivity contribution in [3.05, 3.63) is 52.4 Å². The maximum atomic E-state index is 13.9. The third-order valence-electron chi connectivity index (χ3n) is 7.41. The lowest BCUT2D eigenvalue weighted by Gasteiger charge is -2.32. The topological polar surface area (TPSA) is 42.9 Å². The van der Waals surface area contributed by atoms with E-state index in [2.05, 4.69) is 28.9 Å². The number of aryl methyl sites for hydroxylation is 1. The van der Waals surface area contributed by atoms with Crippen molar-refractivity contribution in [3.8, 4) is 0 Å². The molecule has 0 saturated carbocycles. The Morgan fingerprint density at radius 3 is 2.58 bits per heavy atom. The molecule has 0 bridgehead atoms. The molecule has 2 aliphatic heterocycles. The molecular weight excluding hydrogens is 522 g/mol. The molecule has 1 aromatic carbocycles. The van der Waals surface area contributed by atoms with E-state index in [1.807, 2.05) is 0 Å². The number of carbonyl (C=O) groups excluding carboxylic acids is 1. The molecule has 0 spiro atoms. The van der Waals surface area contributed by atoms with Crippen LogP contribution in [-0.4, -0.2) is 79.6 Å². The van der Waals surface area contributed by atoms with Crippen LogP contribution in [-0.2, 0) is 11.0 Å². The molecule has 208 valence electrons. The lowest BCUT2D eigenvalue weighted by Crippen LogP contribution is -2.47. The molecule has 4 rings (SSSR count). The van der Waals surface area contributed by atoms with Gasteiger partial charge in [0.05, 0.1) is 10.6 Å². The van der Waals surface area contributed by atoms with Gasteiger partial charge in [-0.3, -0.25) is 4.79 Å². The van der Waals surface area contributed by atoms with Gasteiger partial charge in [-0.2, -0.15) is 13.2 Å². The Morgan fingerprint density at radius 1 is 1.16 bits per heavy atom. The highest BCUT2D eigenvalue weighted by Gasteiger charge is 2.37. The predicted octanol–water partition coefficient (Wildman–Crippen LogP) is 5.23. The minimum atomic E-state index is -4.51. The number of likely N-dealkylation sites (N-methyl/N-ethyl adjacent to an activating group) is 1. The standard InChI is InChI=1S/C27H34ClF4N5O/c1-18-14-19(27(30,31)32)15-25(33-18)37-11-4-6-24(37)26(38)36(20-7-8-23(29)22(28)16-20)12-5-10-35-13-9-21(17-35)34(2)3/h7-8,14-16,21,24H,4-6,9-13,17H2,1-3H3/t21-,24-/m0/s1. The Balaban J connectivity index is 1.55. The Labute approximate surface area is 226 Å². The van der Waals surface area contributed by atoms with Gasteiger partial charge in [-0.05, 0) is 90.1 Å². The third-order valence-corrected chi connectivity index (χ3v) is 7.70. The average Bonchev–Trinajstić information content (AvgIpc) is 3.53. The summed E-state index contributed by atoms with van der Waals surface area (Å²) in [5.74, 6) is -0.701. The highest BCUT2D eigenvalue weighted by molar-refractivity contribution is 6.31. The summed E-state index contributed by atoms with van der Waals surface area (Å²) in [6.07, 6.45) is -1.61. The highest BCUT2D eigenvalue weighted by atomic mass is 35.5. The van der Waals surface area contributed by atoms with Crippen molar-refractivity contribution >= 4 is 29.0 Å². The van der Waals surface area contributed by atoms with Crippen molar-refractivity contribution in [1.29, 1.82) is 0 Å². The fraction of sp³-hybridized carbons (Fsp3) is 0.556. The molecular formula is C27H34ClF4N5O. The predicted molar refractivity (Wildman–Crippen MR) is 141 cm³/mol. The number of aromatic nitrogens is 1. The zero-order valence-corrected chi connectivity index (χ0v) is 22.7. The molecule has 0 radical (unpaired) electrons. The summed E-state index contributed by atoms with van der Waals surface area (Å²) >= 11 is 6.05.